The number of nitrogens with zero attached hydrogens (tertiary/aromatic N) is 2. The minimum absolute atomic E-state index is 0.154. The third-order valence-corrected chi connectivity index (χ3v) is 4.93. The number of pyridine rings is 1. The van der Waals surface area contributed by atoms with Gasteiger partial charge in [-0.2, -0.15) is 0 Å². The molecule has 26 heavy (non-hydrogen) atoms. The highest BCUT2D eigenvalue weighted by Crippen LogP contribution is 2.36. The third kappa shape index (κ3) is 3.67. The van der Waals surface area contributed by atoms with E-state index >= 15 is 0 Å². The van der Waals surface area contributed by atoms with Crippen molar-refractivity contribution in [2.45, 2.75) is 19.3 Å². The molecule has 1 aromatic carbocycles. The number of carbonyl (C=O) groups is 1. The van der Waals surface area contributed by atoms with E-state index in [4.69, 9.17) is 5.73 Å². The lowest BCUT2D eigenvalue weighted by atomic mass is 9.75. The Morgan fingerprint density at radius 3 is 2.85 bits per heavy atom. The molecule has 0 spiro atoms. The molecular weight excluding hydrogens is 340 g/mol. The summed E-state index contributed by atoms with van der Waals surface area (Å²) in [4.78, 5) is 17.9. The van der Waals surface area contributed by atoms with Gasteiger partial charge in [-0.05, 0) is 43.0 Å². The van der Waals surface area contributed by atoms with Gasteiger partial charge in [-0.1, -0.05) is 6.07 Å². The maximum absolute atomic E-state index is 14.1. The first-order valence-corrected chi connectivity index (χ1v) is 8.49. The lowest BCUT2D eigenvalue weighted by Gasteiger charge is -2.43. The van der Waals surface area contributed by atoms with E-state index in [9.17, 15) is 18.7 Å². The van der Waals surface area contributed by atoms with E-state index in [0.717, 1.165) is 12.5 Å². The maximum atomic E-state index is 14.1. The molecule has 0 unspecified atom stereocenters. The molecule has 5 nitrogen and oxygen atoms in total. The summed E-state index contributed by atoms with van der Waals surface area (Å²) in [6, 6.07) is 6.73. The van der Waals surface area contributed by atoms with E-state index in [0.29, 0.717) is 36.5 Å². The Morgan fingerprint density at radius 2 is 2.15 bits per heavy atom. The Bertz CT molecular complexity index is 815. The second kappa shape index (κ2) is 7.37. The molecule has 2 aromatic rings. The molecule has 138 valence electrons. The van der Waals surface area contributed by atoms with Crippen molar-refractivity contribution in [3.05, 3.63) is 59.3 Å². The topological polar surface area (TPSA) is 79.5 Å². The zero-order chi connectivity index (χ0) is 18.7. The van der Waals surface area contributed by atoms with E-state index in [2.05, 4.69) is 4.98 Å². The van der Waals surface area contributed by atoms with Crippen LogP contribution < -0.4 is 10.6 Å². The summed E-state index contributed by atoms with van der Waals surface area (Å²) in [7, 11) is 0. The number of nitrogens with two attached hydrogens (primary N) is 1. The van der Waals surface area contributed by atoms with Gasteiger partial charge in [0.1, 0.15) is 17.5 Å². The van der Waals surface area contributed by atoms with Crippen LogP contribution in [0.4, 0.5) is 14.6 Å². The van der Waals surface area contributed by atoms with E-state index in [-0.39, 0.29) is 13.0 Å². The van der Waals surface area contributed by atoms with E-state index in [1.165, 1.54) is 12.1 Å². The molecule has 0 saturated carbocycles. The lowest BCUT2D eigenvalue weighted by Crippen LogP contribution is -2.47. The number of rotatable bonds is 5. The highest BCUT2D eigenvalue weighted by molar-refractivity contribution is 5.97. The molecule has 1 aliphatic heterocycles. The van der Waals surface area contributed by atoms with Gasteiger partial charge in [0.15, 0.2) is 0 Å². The summed E-state index contributed by atoms with van der Waals surface area (Å²) in [5, 5.41) is 10.1. The second-order valence-corrected chi connectivity index (χ2v) is 6.83. The average molecular weight is 361 g/mol. The zero-order valence-electron chi connectivity index (χ0n) is 14.3. The molecule has 3 rings (SSSR count). The third-order valence-electron chi connectivity index (χ3n) is 4.93. The largest absolute Gasteiger partial charge is 0.396 e. The Kier molecular flexibility index (Phi) is 5.18. The number of aliphatic hydroxyl groups is 1. The van der Waals surface area contributed by atoms with Crippen LogP contribution in [0, 0.1) is 17.0 Å². The van der Waals surface area contributed by atoms with Crippen LogP contribution in [0.1, 0.15) is 28.8 Å². The number of benzene rings is 1. The van der Waals surface area contributed by atoms with Gasteiger partial charge < -0.3 is 15.7 Å². The molecule has 1 fully saturated rings. The van der Waals surface area contributed by atoms with Crippen LogP contribution >= 0.6 is 0 Å². The fourth-order valence-electron chi connectivity index (χ4n) is 3.63. The summed E-state index contributed by atoms with van der Waals surface area (Å²) in [5.41, 5.74) is 5.50. The standard InChI is InChI=1S/C19H21F2N3O2/c20-14-5-4-13(16(21)9-14)10-19(12-25)6-2-8-24(11-19)18-15(17(22)26)3-1-7-23-18/h1,3-5,7,9,25H,2,6,8,10-12H2,(H2,22,26)/t19-/m1/s1. The Labute approximate surface area is 150 Å². The first-order chi connectivity index (χ1) is 12.4. The summed E-state index contributed by atoms with van der Waals surface area (Å²) in [6.45, 7) is 0.904. The Morgan fingerprint density at radius 1 is 1.35 bits per heavy atom. The predicted molar refractivity (Wildman–Crippen MR) is 93.8 cm³/mol. The van der Waals surface area contributed by atoms with Crippen LogP contribution in [-0.2, 0) is 6.42 Å². The normalized spacial score (nSPS) is 20.2. The van der Waals surface area contributed by atoms with Gasteiger partial charge in [0.25, 0.3) is 5.91 Å². The van der Waals surface area contributed by atoms with Crippen molar-refractivity contribution in [2.24, 2.45) is 11.1 Å². The molecule has 2 heterocycles. The minimum atomic E-state index is -0.630. The number of hydrogen-bond acceptors (Lipinski definition) is 4. The van der Waals surface area contributed by atoms with Crippen LogP contribution in [0.5, 0.6) is 0 Å². The Hall–Kier alpha value is -2.54. The van der Waals surface area contributed by atoms with Crippen LogP contribution in [0.15, 0.2) is 36.5 Å². The second-order valence-electron chi connectivity index (χ2n) is 6.83. The lowest BCUT2D eigenvalue weighted by molar-refractivity contribution is 0.0993. The van der Waals surface area contributed by atoms with Crippen molar-refractivity contribution in [2.75, 3.05) is 24.6 Å². The van der Waals surface area contributed by atoms with Gasteiger partial charge in [-0.15, -0.1) is 0 Å². The van der Waals surface area contributed by atoms with E-state index in [1.807, 2.05) is 4.90 Å². The highest BCUT2D eigenvalue weighted by Gasteiger charge is 2.37. The van der Waals surface area contributed by atoms with Crippen molar-refractivity contribution in [3.63, 3.8) is 0 Å². The highest BCUT2D eigenvalue weighted by atomic mass is 19.1. The van der Waals surface area contributed by atoms with Crippen LogP contribution in [0.2, 0.25) is 0 Å². The van der Waals surface area contributed by atoms with Gasteiger partial charge in [0.05, 0.1) is 12.2 Å². The fraction of sp³-hybridized carbons (Fsp3) is 0.368. The van der Waals surface area contributed by atoms with Crippen molar-refractivity contribution in [1.82, 2.24) is 4.98 Å². The number of anilines is 1. The summed E-state index contributed by atoms with van der Waals surface area (Å²) < 4.78 is 27.3. The number of aromatic nitrogens is 1. The molecule has 0 radical (unpaired) electrons. The molecule has 1 amide bonds. The quantitative estimate of drug-likeness (QED) is 0.856. The first kappa shape index (κ1) is 18.3. The monoisotopic (exact) mass is 361 g/mol. The molecule has 0 aliphatic carbocycles. The predicted octanol–water partition coefficient (Wildman–Crippen LogP) is 2.28. The van der Waals surface area contributed by atoms with Crippen molar-refractivity contribution < 1.29 is 18.7 Å². The number of amides is 1. The van der Waals surface area contributed by atoms with Crippen molar-refractivity contribution >= 4 is 11.7 Å². The van der Waals surface area contributed by atoms with Crippen LogP contribution in [-0.4, -0.2) is 35.7 Å². The number of halogens is 2. The SMILES string of the molecule is NC(=O)c1cccnc1N1CCC[C@@](CO)(Cc2ccc(F)cc2F)C1. The number of aliphatic hydroxyl groups excluding tert-OH is 1. The molecular formula is C19H21F2N3O2. The van der Waals surface area contributed by atoms with Gasteiger partial charge in [-0.3, -0.25) is 4.79 Å². The van der Waals surface area contributed by atoms with Gasteiger partial charge in [0, 0.05) is 30.8 Å². The first-order valence-electron chi connectivity index (χ1n) is 8.49. The fourth-order valence-corrected chi connectivity index (χ4v) is 3.63. The number of carbonyl (C=O) groups excluding carboxylic acids is 1. The summed E-state index contributed by atoms with van der Waals surface area (Å²) >= 11 is 0. The molecule has 1 aromatic heterocycles. The molecule has 0 bridgehead atoms. The number of piperidine rings is 1. The minimum Gasteiger partial charge on any atom is -0.396 e. The average Bonchev–Trinajstić information content (AvgIpc) is 2.64. The molecule has 1 aliphatic rings. The van der Waals surface area contributed by atoms with E-state index in [1.54, 1.807) is 18.3 Å². The zero-order valence-corrected chi connectivity index (χ0v) is 14.3. The van der Waals surface area contributed by atoms with Crippen LogP contribution in [0.3, 0.4) is 0 Å². The van der Waals surface area contributed by atoms with Gasteiger partial charge in [0.2, 0.25) is 0 Å². The molecule has 1 atom stereocenters. The maximum Gasteiger partial charge on any atom is 0.252 e. The van der Waals surface area contributed by atoms with Gasteiger partial charge in [-0.25, -0.2) is 13.8 Å². The molecule has 3 N–H and O–H groups in total. The Balaban J connectivity index is 1.88. The molecule has 7 heteroatoms. The summed E-state index contributed by atoms with van der Waals surface area (Å²) in [5.74, 6) is -1.35. The van der Waals surface area contributed by atoms with E-state index < -0.39 is 23.0 Å². The number of hydrogen-bond donors (Lipinski definition) is 2. The van der Waals surface area contributed by atoms with Crippen molar-refractivity contribution in [1.29, 1.82) is 0 Å². The van der Waals surface area contributed by atoms with Gasteiger partial charge >= 0.3 is 0 Å². The van der Waals surface area contributed by atoms with Crippen molar-refractivity contribution in [3.8, 4) is 0 Å². The molecule has 1 saturated heterocycles. The van der Waals surface area contributed by atoms with Crippen LogP contribution in [0.25, 0.3) is 0 Å². The summed E-state index contributed by atoms with van der Waals surface area (Å²) in [6.07, 6.45) is 3.29. The smallest absolute Gasteiger partial charge is 0.252 e. The number of primary amides is 1.